The number of hydrogen-bond acceptors (Lipinski definition) is 2. The molecule has 13 heavy (non-hydrogen) atoms. The van der Waals surface area contributed by atoms with Crippen LogP contribution in [0.5, 0.6) is 0 Å². The Hall–Kier alpha value is -0.0800. The van der Waals surface area contributed by atoms with E-state index in [-0.39, 0.29) is 6.10 Å². The molecule has 0 amide bonds. The Balaban J connectivity index is 1.95. The molecule has 0 atom stereocenters. The van der Waals surface area contributed by atoms with Crippen molar-refractivity contribution in [2.45, 2.75) is 51.0 Å². The molecule has 0 radical (unpaired) electrons. The summed E-state index contributed by atoms with van der Waals surface area (Å²) in [6.07, 6.45) is 8.74. The standard InChI is InChI=1S/C11H21NO/c12-8-11(6-10(13)7-11)9-4-2-1-3-5-9/h9-10,13H,1-8,12H2. The summed E-state index contributed by atoms with van der Waals surface area (Å²) in [5.41, 5.74) is 6.18. The first-order valence-electron chi connectivity index (χ1n) is 5.65. The lowest BCUT2D eigenvalue weighted by atomic mass is 9.56. The van der Waals surface area contributed by atoms with Crippen LogP contribution in [-0.4, -0.2) is 17.8 Å². The SMILES string of the molecule is NCC1(C2CCCCC2)CC(O)C1. The van der Waals surface area contributed by atoms with Gasteiger partial charge in [-0.15, -0.1) is 0 Å². The van der Waals surface area contributed by atoms with Crippen molar-refractivity contribution in [1.29, 1.82) is 0 Å². The van der Waals surface area contributed by atoms with Crippen LogP contribution in [0.15, 0.2) is 0 Å². The molecule has 2 fully saturated rings. The monoisotopic (exact) mass is 183 g/mol. The molecule has 2 saturated carbocycles. The largest absolute Gasteiger partial charge is 0.393 e. The Labute approximate surface area is 80.5 Å². The highest BCUT2D eigenvalue weighted by molar-refractivity contribution is 4.99. The maximum absolute atomic E-state index is 9.39. The van der Waals surface area contributed by atoms with E-state index in [1.807, 2.05) is 0 Å². The van der Waals surface area contributed by atoms with Gasteiger partial charge in [-0.3, -0.25) is 0 Å². The zero-order valence-corrected chi connectivity index (χ0v) is 8.34. The van der Waals surface area contributed by atoms with Crippen LogP contribution in [0, 0.1) is 11.3 Å². The van der Waals surface area contributed by atoms with Crippen LogP contribution in [0.3, 0.4) is 0 Å². The predicted octanol–water partition coefficient (Wildman–Crippen LogP) is 1.67. The fourth-order valence-electron chi connectivity index (χ4n) is 3.26. The Morgan fingerprint density at radius 1 is 1.15 bits per heavy atom. The van der Waals surface area contributed by atoms with Gasteiger partial charge in [0.2, 0.25) is 0 Å². The summed E-state index contributed by atoms with van der Waals surface area (Å²) in [4.78, 5) is 0. The molecular weight excluding hydrogens is 162 g/mol. The van der Waals surface area contributed by atoms with Crippen molar-refractivity contribution in [3.63, 3.8) is 0 Å². The zero-order valence-electron chi connectivity index (χ0n) is 8.34. The fraction of sp³-hybridized carbons (Fsp3) is 1.00. The van der Waals surface area contributed by atoms with E-state index in [4.69, 9.17) is 5.73 Å². The van der Waals surface area contributed by atoms with Gasteiger partial charge in [0, 0.05) is 0 Å². The predicted molar refractivity (Wildman–Crippen MR) is 53.3 cm³/mol. The van der Waals surface area contributed by atoms with Crippen LogP contribution in [-0.2, 0) is 0 Å². The Morgan fingerprint density at radius 3 is 2.23 bits per heavy atom. The van der Waals surface area contributed by atoms with Gasteiger partial charge >= 0.3 is 0 Å². The highest BCUT2D eigenvalue weighted by Gasteiger charge is 2.47. The second-order valence-corrected chi connectivity index (χ2v) is 4.96. The lowest BCUT2D eigenvalue weighted by Gasteiger charge is -2.51. The summed E-state index contributed by atoms with van der Waals surface area (Å²) in [5, 5.41) is 9.39. The van der Waals surface area contributed by atoms with Crippen molar-refractivity contribution in [3.8, 4) is 0 Å². The van der Waals surface area contributed by atoms with Gasteiger partial charge in [-0.05, 0) is 43.6 Å². The Kier molecular flexibility index (Phi) is 2.61. The minimum absolute atomic E-state index is 0.0505. The molecule has 2 aliphatic rings. The molecule has 0 aliphatic heterocycles. The van der Waals surface area contributed by atoms with Crippen molar-refractivity contribution in [3.05, 3.63) is 0 Å². The highest BCUT2D eigenvalue weighted by Crippen LogP contribution is 2.51. The lowest BCUT2D eigenvalue weighted by Crippen LogP contribution is -2.51. The van der Waals surface area contributed by atoms with E-state index in [0.29, 0.717) is 5.41 Å². The third-order valence-electron chi connectivity index (χ3n) is 4.16. The van der Waals surface area contributed by atoms with Gasteiger partial charge < -0.3 is 10.8 Å². The van der Waals surface area contributed by atoms with Crippen LogP contribution in [0.1, 0.15) is 44.9 Å². The third kappa shape index (κ3) is 1.62. The zero-order chi connectivity index (χ0) is 9.31. The summed E-state index contributed by atoms with van der Waals surface area (Å²) >= 11 is 0. The van der Waals surface area contributed by atoms with Gasteiger partial charge in [-0.1, -0.05) is 19.3 Å². The molecule has 3 N–H and O–H groups in total. The van der Waals surface area contributed by atoms with E-state index in [1.54, 1.807) is 0 Å². The third-order valence-corrected chi connectivity index (χ3v) is 4.16. The van der Waals surface area contributed by atoms with Crippen LogP contribution in [0.2, 0.25) is 0 Å². The molecule has 2 nitrogen and oxygen atoms in total. The first kappa shape index (κ1) is 9.47. The van der Waals surface area contributed by atoms with E-state index < -0.39 is 0 Å². The van der Waals surface area contributed by atoms with E-state index in [0.717, 1.165) is 25.3 Å². The van der Waals surface area contributed by atoms with Gasteiger partial charge in [0.15, 0.2) is 0 Å². The lowest BCUT2D eigenvalue weighted by molar-refractivity contribution is -0.0732. The van der Waals surface area contributed by atoms with Crippen molar-refractivity contribution >= 4 is 0 Å². The van der Waals surface area contributed by atoms with Crippen LogP contribution >= 0.6 is 0 Å². The van der Waals surface area contributed by atoms with Gasteiger partial charge in [-0.25, -0.2) is 0 Å². The smallest absolute Gasteiger partial charge is 0.0552 e. The molecule has 0 aromatic heterocycles. The van der Waals surface area contributed by atoms with Gasteiger partial charge in [-0.2, -0.15) is 0 Å². The van der Waals surface area contributed by atoms with E-state index in [2.05, 4.69) is 0 Å². The average molecular weight is 183 g/mol. The van der Waals surface area contributed by atoms with Gasteiger partial charge in [0.1, 0.15) is 0 Å². The molecular formula is C11H21NO. The molecule has 0 bridgehead atoms. The fourth-order valence-corrected chi connectivity index (χ4v) is 3.26. The number of hydrogen-bond donors (Lipinski definition) is 2. The van der Waals surface area contributed by atoms with Crippen LogP contribution in [0.25, 0.3) is 0 Å². The van der Waals surface area contributed by atoms with Crippen molar-refractivity contribution < 1.29 is 5.11 Å². The normalized spacial score (nSPS) is 41.5. The molecule has 76 valence electrons. The number of rotatable bonds is 2. The summed E-state index contributed by atoms with van der Waals surface area (Å²) in [5.74, 6) is 0.814. The number of aliphatic hydroxyl groups excluding tert-OH is 1. The second-order valence-electron chi connectivity index (χ2n) is 4.96. The van der Waals surface area contributed by atoms with E-state index >= 15 is 0 Å². The first-order chi connectivity index (χ1) is 6.27. The van der Waals surface area contributed by atoms with Crippen molar-refractivity contribution in [1.82, 2.24) is 0 Å². The van der Waals surface area contributed by atoms with Crippen molar-refractivity contribution in [2.75, 3.05) is 6.54 Å². The minimum atomic E-state index is -0.0505. The molecule has 0 saturated heterocycles. The summed E-state index contributed by atoms with van der Waals surface area (Å²) < 4.78 is 0. The number of aliphatic hydroxyl groups is 1. The Bertz CT molecular complexity index is 169. The van der Waals surface area contributed by atoms with Gasteiger partial charge in [0.25, 0.3) is 0 Å². The maximum Gasteiger partial charge on any atom is 0.0552 e. The number of nitrogens with two attached hydrogens (primary N) is 1. The summed E-state index contributed by atoms with van der Waals surface area (Å²) in [6.45, 7) is 0.786. The second kappa shape index (κ2) is 3.58. The highest BCUT2D eigenvalue weighted by atomic mass is 16.3. The Morgan fingerprint density at radius 2 is 1.77 bits per heavy atom. The molecule has 0 aromatic carbocycles. The first-order valence-corrected chi connectivity index (χ1v) is 5.65. The summed E-state index contributed by atoms with van der Waals surface area (Å²) in [7, 11) is 0. The molecule has 0 spiro atoms. The molecule has 2 aliphatic carbocycles. The average Bonchev–Trinajstić information content (AvgIpc) is 2.14. The van der Waals surface area contributed by atoms with E-state index in [1.165, 1.54) is 32.1 Å². The molecule has 0 aromatic rings. The van der Waals surface area contributed by atoms with E-state index in [9.17, 15) is 5.11 Å². The van der Waals surface area contributed by atoms with Crippen LogP contribution < -0.4 is 5.73 Å². The topological polar surface area (TPSA) is 46.2 Å². The molecule has 0 unspecified atom stereocenters. The maximum atomic E-state index is 9.39. The molecule has 2 heteroatoms. The van der Waals surface area contributed by atoms with Gasteiger partial charge in [0.05, 0.1) is 6.10 Å². The summed E-state index contributed by atoms with van der Waals surface area (Å²) in [6, 6.07) is 0. The van der Waals surface area contributed by atoms with Crippen LogP contribution in [0.4, 0.5) is 0 Å². The molecule has 2 rings (SSSR count). The quantitative estimate of drug-likeness (QED) is 0.684. The molecule has 0 heterocycles. The van der Waals surface area contributed by atoms with Crippen molar-refractivity contribution in [2.24, 2.45) is 17.1 Å². The minimum Gasteiger partial charge on any atom is -0.393 e.